The maximum absolute atomic E-state index is 11.9. The number of fused-ring (bicyclic) bond motifs is 1. The summed E-state index contributed by atoms with van der Waals surface area (Å²) in [5.74, 6) is -0.680. The van der Waals surface area contributed by atoms with E-state index in [1.165, 1.54) is 14.2 Å². The van der Waals surface area contributed by atoms with E-state index >= 15 is 0 Å². The average molecular weight is 254 g/mol. The highest BCUT2D eigenvalue weighted by atomic mass is 16.7. The molecule has 5 heteroatoms. The van der Waals surface area contributed by atoms with Crippen LogP contribution < -0.4 is 0 Å². The van der Waals surface area contributed by atoms with Crippen molar-refractivity contribution in [2.45, 2.75) is 18.9 Å². The maximum Gasteiger partial charge on any atom is 0.312 e. The van der Waals surface area contributed by atoms with Crippen LogP contribution in [-0.4, -0.2) is 38.9 Å². The number of hydrogen-bond donors (Lipinski definition) is 0. The summed E-state index contributed by atoms with van der Waals surface area (Å²) in [5, 5.41) is 0. The van der Waals surface area contributed by atoms with Crippen LogP contribution in [0.2, 0.25) is 0 Å². The van der Waals surface area contributed by atoms with E-state index in [1.807, 2.05) is 0 Å². The van der Waals surface area contributed by atoms with E-state index in [0.29, 0.717) is 6.42 Å². The maximum atomic E-state index is 11.9. The monoisotopic (exact) mass is 254 g/mol. The van der Waals surface area contributed by atoms with Crippen LogP contribution in [0.4, 0.5) is 0 Å². The number of rotatable bonds is 4. The van der Waals surface area contributed by atoms with Crippen LogP contribution in [0.1, 0.15) is 12.8 Å². The quantitative estimate of drug-likeness (QED) is 0.424. The van der Waals surface area contributed by atoms with Crippen molar-refractivity contribution >= 4 is 11.8 Å². The molecule has 0 saturated heterocycles. The van der Waals surface area contributed by atoms with Crippen molar-refractivity contribution in [2.75, 3.05) is 21.0 Å². The molecule has 2 aliphatic rings. The molecule has 0 aromatic rings. The first-order chi connectivity index (χ1) is 8.69. The molecule has 0 bridgehead atoms. The predicted octanol–water partition coefficient (Wildman–Crippen LogP) is 0.930. The van der Waals surface area contributed by atoms with E-state index in [0.717, 1.165) is 6.42 Å². The Hall–Kier alpha value is -1.20. The van der Waals surface area contributed by atoms with Gasteiger partial charge >= 0.3 is 5.97 Å². The fourth-order valence-electron chi connectivity index (χ4n) is 2.91. The van der Waals surface area contributed by atoms with Gasteiger partial charge in [0.05, 0.1) is 25.0 Å². The molecular formula is C13H18O5. The molecule has 0 spiro atoms. The van der Waals surface area contributed by atoms with Crippen LogP contribution in [0.25, 0.3) is 0 Å². The van der Waals surface area contributed by atoms with Gasteiger partial charge in [-0.25, -0.2) is 0 Å². The summed E-state index contributed by atoms with van der Waals surface area (Å²) in [7, 11) is 2.91. The van der Waals surface area contributed by atoms with Gasteiger partial charge in [0.25, 0.3) is 0 Å². The first-order valence-corrected chi connectivity index (χ1v) is 6.08. The second kappa shape index (κ2) is 5.63. The minimum absolute atomic E-state index is 0.00296. The molecule has 0 aromatic heterocycles. The first-order valence-electron chi connectivity index (χ1n) is 6.08. The number of ketones is 1. The third-order valence-corrected chi connectivity index (χ3v) is 3.73. The summed E-state index contributed by atoms with van der Waals surface area (Å²) in [6, 6.07) is 0. The van der Waals surface area contributed by atoms with Gasteiger partial charge in [0.1, 0.15) is 12.6 Å². The Bertz CT molecular complexity index is 362. The molecule has 1 saturated carbocycles. The van der Waals surface area contributed by atoms with Crippen LogP contribution >= 0.6 is 0 Å². The van der Waals surface area contributed by atoms with E-state index in [-0.39, 0.29) is 42.4 Å². The molecule has 1 fully saturated rings. The molecule has 2 rings (SSSR count). The molecule has 0 aromatic carbocycles. The molecule has 0 amide bonds. The average Bonchev–Trinajstić information content (AvgIpc) is 2.78. The Balaban J connectivity index is 2.17. The summed E-state index contributed by atoms with van der Waals surface area (Å²) in [6.45, 7) is 0.147. The highest BCUT2D eigenvalue weighted by Crippen LogP contribution is 2.42. The Morgan fingerprint density at radius 3 is 2.83 bits per heavy atom. The lowest BCUT2D eigenvalue weighted by Gasteiger charge is -2.32. The molecule has 0 heterocycles. The Labute approximate surface area is 106 Å². The van der Waals surface area contributed by atoms with Crippen molar-refractivity contribution in [3.63, 3.8) is 0 Å². The third-order valence-electron chi connectivity index (χ3n) is 3.73. The summed E-state index contributed by atoms with van der Waals surface area (Å²) >= 11 is 0. The van der Waals surface area contributed by atoms with Crippen LogP contribution in [0.3, 0.4) is 0 Å². The van der Waals surface area contributed by atoms with Crippen molar-refractivity contribution in [3.05, 3.63) is 12.2 Å². The molecule has 18 heavy (non-hydrogen) atoms. The van der Waals surface area contributed by atoms with Gasteiger partial charge in [-0.3, -0.25) is 9.59 Å². The zero-order valence-corrected chi connectivity index (χ0v) is 10.6. The number of Topliss-reactive ketones (excluding diaryl/α,β-unsaturated/α-hetero) is 1. The molecule has 100 valence electrons. The SMILES string of the molecule is COCO[C@H]1C=C[C@@H](C(=O)OC)[C@H]2CCC(=O)[C@H]21. The van der Waals surface area contributed by atoms with E-state index in [4.69, 9.17) is 14.2 Å². The van der Waals surface area contributed by atoms with Crippen molar-refractivity contribution < 1.29 is 23.8 Å². The van der Waals surface area contributed by atoms with Gasteiger partial charge in [-0.1, -0.05) is 12.2 Å². The molecular weight excluding hydrogens is 236 g/mol. The number of hydrogen-bond acceptors (Lipinski definition) is 5. The lowest BCUT2D eigenvalue weighted by atomic mass is 9.76. The molecule has 0 aliphatic heterocycles. The van der Waals surface area contributed by atoms with Gasteiger partial charge in [-0.15, -0.1) is 0 Å². The zero-order chi connectivity index (χ0) is 13.1. The fourth-order valence-corrected chi connectivity index (χ4v) is 2.91. The summed E-state index contributed by atoms with van der Waals surface area (Å²) in [5.41, 5.74) is 0. The van der Waals surface area contributed by atoms with Gasteiger partial charge in [0.2, 0.25) is 0 Å². The molecule has 2 aliphatic carbocycles. The van der Waals surface area contributed by atoms with E-state index in [1.54, 1.807) is 12.2 Å². The van der Waals surface area contributed by atoms with Gasteiger partial charge in [-0.2, -0.15) is 0 Å². The predicted molar refractivity (Wildman–Crippen MR) is 62.6 cm³/mol. The van der Waals surface area contributed by atoms with Crippen molar-refractivity contribution in [1.82, 2.24) is 0 Å². The summed E-state index contributed by atoms with van der Waals surface area (Å²) < 4.78 is 15.1. The lowest BCUT2D eigenvalue weighted by molar-refractivity contribution is -0.148. The number of methoxy groups -OCH3 is 2. The number of carbonyl (C=O) groups excluding carboxylic acids is 2. The number of ether oxygens (including phenoxy) is 3. The van der Waals surface area contributed by atoms with E-state index in [9.17, 15) is 9.59 Å². The van der Waals surface area contributed by atoms with Gasteiger partial charge < -0.3 is 14.2 Å². The molecule has 0 N–H and O–H groups in total. The molecule has 4 atom stereocenters. The lowest BCUT2D eigenvalue weighted by Crippen LogP contribution is -2.39. The standard InChI is InChI=1S/C13H18O5/c1-16-7-18-11-6-4-9(13(15)17-2)8-3-5-10(14)12(8)11/h4,6,8-9,11-12H,3,5,7H2,1-2H3/t8-,9-,11+,12+/m1/s1. The number of carbonyl (C=O) groups is 2. The van der Waals surface area contributed by atoms with E-state index in [2.05, 4.69) is 0 Å². The summed E-state index contributed by atoms with van der Waals surface area (Å²) in [6.07, 6.45) is 4.53. The molecule has 0 unspecified atom stereocenters. The van der Waals surface area contributed by atoms with Crippen LogP contribution in [-0.2, 0) is 23.8 Å². The van der Waals surface area contributed by atoms with Gasteiger partial charge in [0.15, 0.2) is 0 Å². The highest BCUT2D eigenvalue weighted by Gasteiger charge is 2.47. The second-order valence-corrected chi connectivity index (χ2v) is 4.67. The highest BCUT2D eigenvalue weighted by molar-refractivity contribution is 5.87. The minimum atomic E-state index is -0.325. The van der Waals surface area contributed by atoms with Crippen molar-refractivity contribution in [2.24, 2.45) is 17.8 Å². The smallest absolute Gasteiger partial charge is 0.312 e. The van der Waals surface area contributed by atoms with Crippen LogP contribution in [0.5, 0.6) is 0 Å². The number of esters is 1. The molecule has 5 nitrogen and oxygen atoms in total. The molecule has 0 radical (unpaired) electrons. The Kier molecular flexibility index (Phi) is 4.14. The zero-order valence-electron chi connectivity index (χ0n) is 10.6. The van der Waals surface area contributed by atoms with Crippen LogP contribution in [0, 0.1) is 17.8 Å². The second-order valence-electron chi connectivity index (χ2n) is 4.67. The Morgan fingerprint density at radius 1 is 1.39 bits per heavy atom. The van der Waals surface area contributed by atoms with Crippen molar-refractivity contribution in [3.8, 4) is 0 Å². The minimum Gasteiger partial charge on any atom is -0.469 e. The van der Waals surface area contributed by atoms with E-state index < -0.39 is 0 Å². The van der Waals surface area contributed by atoms with Gasteiger partial charge in [0, 0.05) is 13.5 Å². The Morgan fingerprint density at radius 2 is 2.17 bits per heavy atom. The van der Waals surface area contributed by atoms with Gasteiger partial charge in [-0.05, 0) is 12.3 Å². The summed E-state index contributed by atoms with van der Waals surface area (Å²) in [4.78, 5) is 23.6. The largest absolute Gasteiger partial charge is 0.469 e. The van der Waals surface area contributed by atoms with Crippen molar-refractivity contribution in [1.29, 1.82) is 0 Å². The van der Waals surface area contributed by atoms with Crippen LogP contribution in [0.15, 0.2) is 12.2 Å². The normalized spacial score (nSPS) is 34.4. The third kappa shape index (κ3) is 2.33. The first kappa shape index (κ1) is 13.2. The topological polar surface area (TPSA) is 61.8 Å². The fraction of sp³-hybridized carbons (Fsp3) is 0.692.